The summed E-state index contributed by atoms with van der Waals surface area (Å²) in [7, 11) is 2.01. The zero-order chi connectivity index (χ0) is 13.8. The quantitative estimate of drug-likeness (QED) is 0.904. The van der Waals surface area contributed by atoms with Gasteiger partial charge in [-0.3, -0.25) is 0 Å². The van der Waals surface area contributed by atoms with Crippen molar-refractivity contribution in [3.05, 3.63) is 53.5 Å². The van der Waals surface area contributed by atoms with Gasteiger partial charge >= 0.3 is 0 Å². The van der Waals surface area contributed by atoms with E-state index in [0.29, 0.717) is 6.04 Å². The predicted octanol–water partition coefficient (Wildman–Crippen LogP) is 3.50. The van der Waals surface area contributed by atoms with E-state index in [1.165, 1.54) is 11.1 Å². The van der Waals surface area contributed by atoms with Gasteiger partial charge in [0.05, 0.1) is 12.9 Å². The van der Waals surface area contributed by atoms with E-state index in [1.807, 2.05) is 19.2 Å². The third-order valence-corrected chi connectivity index (χ3v) is 3.95. The fraction of sp³-hybridized carbons (Fsp3) is 0.412. The molecule has 3 nitrogen and oxygen atoms in total. The molecular weight excluding hydrogens is 250 g/mol. The molecule has 20 heavy (non-hydrogen) atoms. The molecule has 0 bridgehead atoms. The van der Waals surface area contributed by atoms with E-state index in [9.17, 15) is 0 Å². The SMILES string of the molecule is CNC(CCc1ccco1)c1cccc2c1OCCC2. The second-order valence-corrected chi connectivity index (χ2v) is 5.25. The van der Waals surface area contributed by atoms with Gasteiger partial charge in [0, 0.05) is 18.0 Å². The van der Waals surface area contributed by atoms with Crippen LogP contribution in [-0.4, -0.2) is 13.7 Å². The molecule has 0 spiro atoms. The van der Waals surface area contributed by atoms with E-state index < -0.39 is 0 Å². The lowest BCUT2D eigenvalue weighted by Gasteiger charge is -2.25. The minimum absolute atomic E-state index is 0.299. The van der Waals surface area contributed by atoms with Crippen molar-refractivity contribution in [3.63, 3.8) is 0 Å². The monoisotopic (exact) mass is 271 g/mol. The smallest absolute Gasteiger partial charge is 0.127 e. The Labute approximate surface area is 119 Å². The maximum Gasteiger partial charge on any atom is 0.127 e. The second kappa shape index (κ2) is 6.14. The molecule has 0 fully saturated rings. The average Bonchev–Trinajstić information content (AvgIpc) is 3.01. The lowest BCUT2D eigenvalue weighted by molar-refractivity contribution is 0.281. The first-order chi connectivity index (χ1) is 9.88. The van der Waals surface area contributed by atoms with Crippen molar-refractivity contribution in [1.82, 2.24) is 5.32 Å². The van der Waals surface area contributed by atoms with Gasteiger partial charge in [-0.25, -0.2) is 0 Å². The minimum atomic E-state index is 0.299. The Balaban J connectivity index is 1.78. The highest BCUT2D eigenvalue weighted by molar-refractivity contribution is 5.44. The third kappa shape index (κ3) is 2.73. The molecule has 0 aliphatic carbocycles. The molecule has 1 aromatic heterocycles. The fourth-order valence-corrected chi connectivity index (χ4v) is 2.89. The number of fused-ring (bicyclic) bond motifs is 1. The number of furan rings is 1. The molecule has 3 rings (SSSR count). The summed E-state index contributed by atoms with van der Waals surface area (Å²) in [6.07, 6.45) is 5.91. The maximum atomic E-state index is 5.91. The largest absolute Gasteiger partial charge is 0.493 e. The van der Waals surface area contributed by atoms with Gasteiger partial charge in [0.2, 0.25) is 0 Å². The Morgan fingerprint density at radius 2 is 2.20 bits per heavy atom. The van der Waals surface area contributed by atoms with Crippen LogP contribution in [0.25, 0.3) is 0 Å². The summed E-state index contributed by atoms with van der Waals surface area (Å²) in [5.74, 6) is 2.13. The summed E-state index contributed by atoms with van der Waals surface area (Å²) in [6.45, 7) is 0.832. The number of hydrogen-bond donors (Lipinski definition) is 1. The molecule has 1 aliphatic rings. The second-order valence-electron chi connectivity index (χ2n) is 5.25. The van der Waals surface area contributed by atoms with Crippen molar-refractivity contribution in [2.75, 3.05) is 13.7 Å². The fourth-order valence-electron chi connectivity index (χ4n) is 2.89. The summed E-state index contributed by atoms with van der Waals surface area (Å²) in [5, 5.41) is 3.41. The Bertz CT molecular complexity index is 548. The molecule has 2 heterocycles. The highest BCUT2D eigenvalue weighted by Crippen LogP contribution is 2.34. The number of benzene rings is 1. The van der Waals surface area contributed by atoms with Crippen LogP contribution in [0.2, 0.25) is 0 Å². The summed E-state index contributed by atoms with van der Waals surface area (Å²) >= 11 is 0. The average molecular weight is 271 g/mol. The van der Waals surface area contributed by atoms with E-state index in [2.05, 4.69) is 23.5 Å². The molecular formula is C17H21NO2. The Morgan fingerprint density at radius 1 is 1.25 bits per heavy atom. The molecule has 1 N–H and O–H groups in total. The first kappa shape index (κ1) is 13.3. The predicted molar refractivity (Wildman–Crippen MR) is 79.1 cm³/mol. The van der Waals surface area contributed by atoms with Gasteiger partial charge in [-0.1, -0.05) is 18.2 Å². The molecule has 2 aromatic rings. The molecule has 1 aromatic carbocycles. The maximum absolute atomic E-state index is 5.91. The molecule has 0 radical (unpaired) electrons. The standard InChI is InChI=1S/C17H21NO2/c1-18-16(10-9-14-7-4-11-19-14)15-8-2-5-13-6-3-12-20-17(13)15/h2,4-5,7-8,11,16,18H,3,6,9-10,12H2,1H3. The molecule has 0 amide bonds. The van der Waals surface area contributed by atoms with Gasteiger partial charge < -0.3 is 14.5 Å². The Hall–Kier alpha value is -1.74. The van der Waals surface area contributed by atoms with Crippen LogP contribution >= 0.6 is 0 Å². The van der Waals surface area contributed by atoms with Gasteiger partial charge in [0.1, 0.15) is 11.5 Å². The van der Waals surface area contributed by atoms with Crippen LogP contribution in [0.5, 0.6) is 5.75 Å². The van der Waals surface area contributed by atoms with E-state index in [4.69, 9.17) is 9.15 Å². The number of para-hydroxylation sites is 1. The Kier molecular flexibility index (Phi) is 4.07. The van der Waals surface area contributed by atoms with Crippen LogP contribution in [0.3, 0.4) is 0 Å². The molecule has 0 saturated carbocycles. The number of aryl methyl sites for hydroxylation is 2. The lowest BCUT2D eigenvalue weighted by Crippen LogP contribution is -2.20. The van der Waals surface area contributed by atoms with Crippen molar-refractivity contribution < 1.29 is 9.15 Å². The summed E-state index contributed by atoms with van der Waals surface area (Å²) in [4.78, 5) is 0. The van der Waals surface area contributed by atoms with Gasteiger partial charge in [0.25, 0.3) is 0 Å². The highest BCUT2D eigenvalue weighted by Gasteiger charge is 2.20. The van der Waals surface area contributed by atoms with E-state index in [-0.39, 0.29) is 0 Å². The molecule has 106 valence electrons. The van der Waals surface area contributed by atoms with Crippen LogP contribution in [-0.2, 0) is 12.8 Å². The lowest BCUT2D eigenvalue weighted by atomic mass is 9.95. The van der Waals surface area contributed by atoms with Crippen molar-refractivity contribution >= 4 is 0 Å². The van der Waals surface area contributed by atoms with Crippen molar-refractivity contribution in [3.8, 4) is 5.75 Å². The normalized spacial score (nSPS) is 15.4. The number of nitrogens with one attached hydrogen (secondary N) is 1. The van der Waals surface area contributed by atoms with Gasteiger partial charge in [-0.2, -0.15) is 0 Å². The van der Waals surface area contributed by atoms with Crippen LogP contribution in [0.4, 0.5) is 0 Å². The summed E-state index contributed by atoms with van der Waals surface area (Å²) in [5.41, 5.74) is 2.61. The zero-order valence-electron chi connectivity index (χ0n) is 11.9. The molecule has 1 aliphatic heterocycles. The van der Waals surface area contributed by atoms with Crippen molar-refractivity contribution in [2.24, 2.45) is 0 Å². The van der Waals surface area contributed by atoms with Gasteiger partial charge in [-0.05, 0) is 44.0 Å². The topological polar surface area (TPSA) is 34.4 Å². The first-order valence-corrected chi connectivity index (χ1v) is 7.32. The number of hydrogen-bond acceptors (Lipinski definition) is 3. The highest BCUT2D eigenvalue weighted by atomic mass is 16.5. The zero-order valence-corrected chi connectivity index (χ0v) is 11.9. The van der Waals surface area contributed by atoms with Crippen LogP contribution < -0.4 is 10.1 Å². The summed E-state index contributed by atoms with van der Waals surface area (Å²) in [6, 6.07) is 10.8. The van der Waals surface area contributed by atoms with E-state index in [0.717, 1.165) is 43.8 Å². The third-order valence-electron chi connectivity index (χ3n) is 3.95. The van der Waals surface area contributed by atoms with Crippen LogP contribution in [0.1, 0.15) is 35.8 Å². The van der Waals surface area contributed by atoms with Crippen molar-refractivity contribution in [2.45, 2.75) is 31.7 Å². The number of ether oxygens (including phenoxy) is 1. The molecule has 3 heteroatoms. The molecule has 1 atom stereocenters. The van der Waals surface area contributed by atoms with E-state index >= 15 is 0 Å². The van der Waals surface area contributed by atoms with Crippen LogP contribution in [0.15, 0.2) is 41.0 Å². The summed E-state index contributed by atoms with van der Waals surface area (Å²) < 4.78 is 11.3. The molecule has 0 saturated heterocycles. The van der Waals surface area contributed by atoms with Gasteiger partial charge in [-0.15, -0.1) is 0 Å². The minimum Gasteiger partial charge on any atom is -0.493 e. The van der Waals surface area contributed by atoms with Crippen molar-refractivity contribution in [1.29, 1.82) is 0 Å². The first-order valence-electron chi connectivity index (χ1n) is 7.32. The number of rotatable bonds is 5. The Morgan fingerprint density at radius 3 is 3.00 bits per heavy atom. The van der Waals surface area contributed by atoms with Gasteiger partial charge in [0.15, 0.2) is 0 Å². The van der Waals surface area contributed by atoms with Crippen LogP contribution in [0, 0.1) is 0 Å². The molecule has 1 unspecified atom stereocenters. The van der Waals surface area contributed by atoms with E-state index in [1.54, 1.807) is 6.26 Å².